The molecular formula is C24H33N3O3. The summed E-state index contributed by atoms with van der Waals surface area (Å²) in [6.07, 6.45) is 4.66. The van der Waals surface area contributed by atoms with Crippen LogP contribution in [0.3, 0.4) is 0 Å². The Morgan fingerprint density at radius 1 is 1.23 bits per heavy atom. The van der Waals surface area contributed by atoms with Crippen LogP contribution < -0.4 is 0 Å². The molecule has 162 valence electrons. The molecule has 6 nitrogen and oxygen atoms in total. The number of rotatable bonds is 4. The zero-order valence-electron chi connectivity index (χ0n) is 18.6. The topological polar surface area (TPSA) is 68.5 Å². The molecule has 2 fully saturated rings. The average molecular weight is 412 g/mol. The molecule has 1 atom stereocenters. The third-order valence-electron chi connectivity index (χ3n) is 6.76. The summed E-state index contributed by atoms with van der Waals surface area (Å²) < 4.78 is 11.7. The molecule has 4 rings (SSSR count). The molecule has 2 aliphatic rings. The van der Waals surface area contributed by atoms with E-state index in [0.29, 0.717) is 11.8 Å². The molecule has 2 aromatic rings. The fraction of sp³-hybridized carbons (Fsp3) is 0.625. The molecule has 0 N–H and O–H groups in total. The normalized spacial score (nSPS) is 21.4. The summed E-state index contributed by atoms with van der Waals surface area (Å²) >= 11 is 0. The Bertz CT molecular complexity index is 897. The van der Waals surface area contributed by atoms with Crippen LogP contribution in [0, 0.1) is 19.8 Å². The van der Waals surface area contributed by atoms with E-state index in [1.54, 1.807) is 0 Å². The maximum atomic E-state index is 13.0. The molecule has 0 bridgehead atoms. The van der Waals surface area contributed by atoms with Gasteiger partial charge in [0.1, 0.15) is 0 Å². The zero-order chi connectivity index (χ0) is 21.3. The maximum absolute atomic E-state index is 13.0. The minimum atomic E-state index is -0.118. The molecule has 6 heteroatoms. The molecule has 1 aromatic carbocycles. The molecule has 1 amide bonds. The van der Waals surface area contributed by atoms with Crippen LogP contribution in [0.4, 0.5) is 0 Å². The van der Waals surface area contributed by atoms with Gasteiger partial charge in [-0.1, -0.05) is 25.1 Å². The van der Waals surface area contributed by atoms with Gasteiger partial charge in [0.15, 0.2) is 5.82 Å². The molecule has 1 spiro atoms. The molecule has 1 aromatic heterocycles. The minimum Gasteiger partial charge on any atom is -0.375 e. The monoisotopic (exact) mass is 411 g/mol. The molecule has 0 radical (unpaired) electrons. The Morgan fingerprint density at radius 3 is 2.67 bits per heavy atom. The number of hydrogen-bond acceptors (Lipinski definition) is 5. The van der Waals surface area contributed by atoms with E-state index in [-0.39, 0.29) is 17.4 Å². The molecule has 3 heterocycles. The number of hydrogen-bond donors (Lipinski definition) is 0. The van der Waals surface area contributed by atoms with Gasteiger partial charge in [-0.05, 0) is 68.7 Å². The zero-order valence-corrected chi connectivity index (χ0v) is 18.6. The van der Waals surface area contributed by atoms with E-state index in [4.69, 9.17) is 9.26 Å². The second-order valence-electron chi connectivity index (χ2n) is 9.39. The largest absolute Gasteiger partial charge is 0.375 e. The Kier molecular flexibility index (Phi) is 5.96. The molecular weight excluding hydrogens is 378 g/mol. The number of piperidine rings is 1. The van der Waals surface area contributed by atoms with Crippen molar-refractivity contribution in [1.82, 2.24) is 15.0 Å². The first kappa shape index (κ1) is 21.0. The Morgan fingerprint density at radius 2 is 2.00 bits per heavy atom. The summed E-state index contributed by atoms with van der Waals surface area (Å²) in [7, 11) is 0. The number of nitrogens with zero attached hydrogens (tertiary/aromatic N) is 3. The van der Waals surface area contributed by atoms with Crippen molar-refractivity contribution in [1.29, 1.82) is 0 Å². The summed E-state index contributed by atoms with van der Waals surface area (Å²) in [5, 5.41) is 4.17. The van der Waals surface area contributed by atoms with E-state index < -0.39 is 0 Å². The number of ether oxygens (including phenoxy) is 1. The molecule has 1 unspecified atom stereocenters. The standard InChI is InChI=1S/C24H33N3O3/c1-16(2)22-25-21(26-30-22)14-19-7-12-29-24(15-19)8-10-27(11-9-24)23(28)20-6-5-17(3)18(4)13-20/h5-6,13,16,19H,7-12,14-15H2,1-4H3. The lowest BCUT2D eigenvalue weighted by molar-refractivity contribution is -0.123. The number of amides is 1. The predicted molar refractivity (Wildman–Crippen MR) is 115 cm³/mol. The molecule has 0 aliphatic carbocycles. The van der Waals surface area contributed by atoms with Crippen LogP contribution in [0.25, 0.3) is 0 Å². The first-order valence-corrected chi connectivity index (χ1v) is 11.2. The van der Waals surface area contributed by atoms with E-state index in [0.717, 1.165) is 68.8 Å². The SMILES string of the molecule is Cc1ccc(C(=O)N2CCC3(CC2)CC(Cc2noc(C(C)C)n2)CCO3)cc1C. The van der Waals surface area contributed by atoms with Gasteiger partial charge in [0.25, 0.3) is 5.91 Å². The number of benzene rings is 1. The summed E-state index contributed by atoms with van der Waals surface area (Å²) in [5.41, 5.74) is 3.05. The van der Waals surface area contributed by atoms with E-state index >= 15 is 0 Å². The number of likely N-dealkylation sites (tertiary alicyclic amines) is 1. The predicted octanol–water partition coefficient (Wildman–Crippen LogP) is 4.45. The first-order chi connectivity index (χ1) is 14.3. The highest BCUT2D eigenvalue weighted by atomic mass is 16.5. The van der Waals surface area contributed by atoms with Crippen molar-refractivity contribution in [3.8, 4) is 0 Å². The molecule has 2 aliphatic heterocycles. The fourth-order valence-corrected chi connectivity index (χ4v) is 4.67. The van der Waals surface area contributed by atoms with Crippen LogP contribution in [-0.4, -0.2) is 46.2 Å². The Hall–Kier alpha value is -2.21. The smallest absolute Gasteiger partial charge is 0.253 e. The lowest BCUT2D eigenvalue weighted by Gasteiger charge is -2.46. The third-order valence-corrected chi connectivity index (χ3v) is 6.76. The minimum absolute atomic E-state index is 0.118. The maximum Gasteiger partial charge on any atom is 0.253 e. The van der Waals surface area contributed by atoms with Crippen molar-refractivity contribution in [2.24, 2.45) is 5.92 Å². The second kappa shape index (κ2) is 8.50. The average Bonchev–Trinajstić information content (AvgIpc) is 3.19. The summed E-state index contributed by atoms with van der Waals surface area (Å²) in [6.45, 7) is 10.5. The van der Waals surface area contributed by atoms with Crippen molar-refractivity contribution in [2.75, 3.05) is 19.7 Å². The van der Waals surface area contributed by atoms with Crippen molar-refractivity contribution in [3.63, 3.8) is 0 Å². The van der Waals surface area contributed by atoms with E-state index in [9.17, 15) is 4.79 Å². The van der Waals surface area contributed by atoms with E-state index in [1.165, 1.54) is 5.56 Å². The number of carbonyl (C=O) groups is 1. The lowest BCUT2D eigenvalue weighted by Crippen LogP contribution is -2.51. The summed E-state index contributed by atoms with van der Waals surface area (Å²) in [5.74, 6) is 2.41. The van der Waals surface area contributed by atoms with E-state index in [2.05, 4.69) is 37.8 Å². The van der Waals surface area contributed by atoms with Crippen molar-refractivity contribution in [3.05, 3.63) is 46.6 Å². The number of aryl methyl sites for hydroxylation is 2. The molecule has 30 heavy (non-hydrogen) atoms. The van der Waals surface area contributed by atoms with Gasteiger partial charge in [0.2, 0.25) is 5.89 Å². The Labute approximate surface area is 179 Å². The number of carbonyl (C=O) groups excluding carboxylic acids is 1. The quantitative estimate of drug-likeness (QED) is 0.743. The van der Waals surface area contributed by atoms with Crippen LogP contribution in [0.5, 0.6) is 0 Å². The van der Waals surface area contributed by atoms with Gasteiger partial charge in [0, 0.05) is 37.6 Å². The van der Waals surface area contributed by atoms with Crippen molar-refractivity contribution in [2.45, 2.75) is 71.3 Å². The van der Waals surface area contributed by atoms with Gasteiger partial charge in [-0.3, -0.25) is 4.79 Å². The van der Waals surface area contributed by atoms with Crippen LogP contribution in [-0.2, 0) is 11.2 Å². The van der Waals surface area contributed by atoms with Gasteiger partial charge in [-0.15, -0.1) is 0 Å². The van der Waals surface area contributed by atoms with Gasteiger partial charge in [-0.2, -0.15) is 4.98 Å². The molecule has 0 saturated carbocycles. The highest BCUT2D eigenvalue weighted by Gasteiger charge is 2.41. The van der Waals surface area contributed by atoms with Gasteiger partial charge < -0.3 is 14.2 Å². The fourth-order valence-electron chi connectivity index (χ4n) is 4.67. The summed E-state index contributed by atoms with van der Waals surface area (Å²) in [4.78, 5) is 19.5. The van der Waals surface area contributed by atoms with E-state index in [1.807, 2.05) is 23.1 Å². The summed E-state index contributed by atoms with van der Waals surface area (Å²) in [6, 6.07) is 5.98. The molecule has 2 saturated heterocycles. The van der Waals surface area contributed by atoms with Crippen LogP contribution in [0.15, 0.2) is 22.7 Å². The van der Waals surface area contributed by atoms with Crippen LogP contribution in [0.1, 0.15) is 78.6 Å². The highest BCUT2D eigenvalue weighted by Crippen LogP contribution is 2.39. The lowest BCUT2D eigenvalue weighted by atomic mass is 9.78. The van der Waals surface area contributed by atoms with Gasteiger partial charge >= 0.3 is 0 Å². The van der Waals surface area contributed by atoms with Crippen LogP contribution >= 0.6 is 0 Å². The van der Waals surface area contributed by atoms with Crippen molar-refractivity contribution < 1.29 is 14.1 Å². The van der Waals surface area contributed by atoms with Gasteiger partial charge in [-0.25, -0.2) is 0 Å². The Balaban J connectivity index is 1.35. The first-order valence-electron chi connectivity index (χ1n) is 11.2. The van der Waals surface area contributed by atoms with Gasteiger partial charge in [0.05, 0.1) is 5.60 Å². The number of aromatic nitrogens is 2. The van der Waals surface area contributed by atoms with Crippen molar-refractivity contribution >= 4 is 5.91 Å². The third kappa shape index (κ3) is 4.43. The van der Waals surface area contributed by atoms with Crippen LogP contribution in [0.2, 0.25) is 0 Å². The highest BCUT2D eigenvalue weighted by molar-refractivity contribution is 5.94. The second-order valence-corrected chi connectivity index (χ2v) is 9.39.